The Morgan fingerprint density at radius 3 is 2.40 bits per heavy atom. The molecule has 1 saturated heterocycles. The van der Waals surface area contributed by atoms with E-state index >= 15 is 0 Å². The maximum atomic E-state index is 10.4. The van der Waals surface area contributed by atoms with Gasteiger partial charge in [0.05, 0.1) is 12.1 Å². The molecule has 0 aromatic carbocycles. The Hall–Kier alpha value is -0.770. The highest BCUT2D eigenvalue weighted by Crippen LogP contribution is 2.47. The van der Waals surface area contributed by atoms with Crippen LogP contribution in [0, 0.1) is 5.41 Å². The number of hydrogen-bond donors (Lipinski definition) is 2. The van der Waals surface area contributed by atoms with Gasteiger partial charge in [-0.05, 0) is 44.4 Å². The van der Waals surface area contributed by atoms with Crippen molar-refractivity contribution in [2.24, 2.45) is 10.4 Å². The van der Waals surface area contributed by atoms with Crippen LogP contribution in [0.15, 0.2) is 4.99 Å². The molecule has 2 aliphatic rings. The molecule has 0 unspecified atom stereocenters. The van der Waals surface area contributed by atoms with E-state index in [-0.39, 0.29) is 0 Å². The van der Waals surface area contributed by atoms with Crippen LogP contribution in [0.4, 0.5) is 0 Å². The van der Waals surface area contributed by atoms with Gasteiger partial charge in [-0.1, -0.05) is 20.3 Å². The SMILES string of the molecule is CCNC(=NCC(O)(CC)CC)N1CCC2(CCC2)C1. The maximum absolute atomic E-state index is 10.4. The first-order valence-corrected chi connectivity index (χ1v) is 8.32. The van der Waals surface area contributed by atoms with Crippen LogP contribution >= 0.6 is 0 Å². The number of rotatable bonds is 5. The first kappa shape index (κ1) is 15.6. The van der Waals surface area contributed by atoms with E-state index in [1.807, 2.05) is 13.8 Å². The van der Waals surface area contributed by atoms with Crippen molar-refractivity contribution >= 4 is 5.96 Å². The van der Waals surface area contributed by atoms with Gasteiger partial charge in [-0.3, -0.25) is 4.99 Å². The Balaban J connectivity index is 1.99. The lowest BCUT2D eigenvalue weighted by molar-refractivity contribution is 0.0415. The summed E-state index contributed by atoms with van der Waals surface area (Å²) in [6, 6.07) is 0. The van der Waals surface area contributed by atoms with Crippen LogP contribution in [0.3, 0.4) is 0 Å². The molecule has 0 amide bonds. The number of nitrogens with zero attached hydrogens (tertiary/aromatic N) is 2. The number of guanidine groups is 1. The third kappa shape index (κ3) is 3.27. The summed E-state index contributed by atoms with van der Waals surface area (Å²) in [4.78, 5) is 7.11. The van der Waals surface area contributed by atoms with Gasteiger partial charge in [0, 0.05) is 19.6 Å². The van der Waals surface area contributed by atoms with E-state index < -0.39 is 5.60 Å². The van der Waals surface area contributed by atoms with Crippen LogP contribution in [0.1, 0.15) is 59.3 Å². The lowest BCUT2D eigenvalue weighted by Crippen LogP contribution is -2.43. The molecule has 2 fully saturated rings. The molecule has 1 heterocycles. The standard InChI is InChI=1S/C16H31N3O/c1-4-16(20,5-2)12-18-14(17-6-3)19-11-10-15(13-19)8-7-9-15/h20H,4-13H2,1-3H3,(H,17,18). The summed E-state index contributed by atoms with van der Waals surface area (Å²) >= 11 is 0. The molecule has 0 aromatic rings. The van der Waals surface area contributed by atoms with Crippen molar-refractivity contribution in [3.63, 3.8) is 0 Å². The zero-order valence-electron chi connectivity index (χ0n) is 13.4. The highest BCUT2D eigenvalue weighted by Gasteiger charge is 2.43. The molecule has 1 aliphatic heterocycles. The normalized spacial score (nSPS) is 22.2. The van der Waals surface area contributed by atoms with Crippen molar-refractivity contribution in [1.82, 2.24) is 10.2 Å². The van der Waals surface area contributed by atoms with Crippen molar-refractivity contribution < 1.29 is 5.11 Å². The molecule has 2 rings (SSSR count). The number of aliphatic hydroxyl groups is 1. The predicted octanol–water partition coefficient (Wildman–Crippen LogP) is 2.38. The Kier molecular flexibility index (Phi) is 4.95. The zero-order chi connectivity index (χ0) is 14.6. The summed E-state index contributed by atoms with van der Waals surface area (Å²) in [6.45, 7) is 9.83. The molecule has 4 nitrogen and oxygen atoms in total. The third-order valence-corrected chi connectivity index (χ3v) is 5.33. The van der Waals surface area contributed by atoms with Gasteiger partial charge in [0.1, 0.15) is 0 Å². The van der Waals surface area contributed by atoms with Gasteiger partial charge in [0.25, 0.3) is 0 Å². The fourth-order valence-corrected chi connectivity index (χ4v) is 3.32. The summed E-state index contributed by atoms with van der Waals surface area (Å²) < 4.78 is 0. The van der Waals surface area contributed by atoms with Gasteiger partial charge >= 0.3 is 0 Å². The molecule has 1 aliphatic carbocycles. The first-order chi connectivity index (χ1) is 9.56. The lowest BCUT2D eigenvalue weighted by Gasteiger charge is -2.38. The van der Waals surface area contributed by atoms with E-state index in [0.29, 0.717) is 12.0 Å². The topological polar surface area (TPSA) is 47.9 Å². The Morgan fingerprint density at radius 1 is 1.25 bits per heavy atom. The lowest BCUT2D eigenvalue weighted by atomic mass is 9.68. The van der Waals surface area contributed by atoms with Gasteiger partial charge in [0.2, 0.25) is 0 Å². The van der Waals surface area contributed by atoms with E-state index in [1.165, 1.54) is 25.7 Å². The quantitative estimate of drug-likeness (QED) is 0.601. The number of likely N-dealkylation sites (tertiary alicyclic amines) is 1. The van der Waals surface area contributed by atoms with Crippen molar-refractivity contribution in [1.29, 1.82) is 0 Å². The molecule has 116 valence electrons. The summed E-state index contributed by atoms with van der Waals surface area (Å²) in [6.07, 6.45) is 7.00. The average Bonchev–Trinajstić information content (AvgIpc) is 2.88. The van der Waals surface area contributed by atoms with Gasteiger partial charge < -0.3 is 15.3 Å². The second-order valence-corrected chi connectivity index (χ2v) is 6.63. The summed E-state index contributed by atoms with van der Waals surface area (Å²) in [5.74, 6) is 0.997. The van der Waals surface area contributed by atoms with Crippen LogP contribution in [0.25, 0.3) is 0 Å². The predicted molar refractivity (Wildman–Crippen MR) is 84.0 cm³/mol. The minimum Gasteiger partial charge on any atom is -0.388 e. The second-order valence-electron chi connectivity index (χ2n) is 6.63. The highest BCUT2D eigenvalue weighted by molar-refractivity contribution is 5.80. The summed E-state index contributed by atoms with van der Waals surface area (Å²) in [5, 5.41) is 13.8. The van der Waals surface area contributed by atoms with Crippen molar-refractivity contribution in [2.45, 2.75) is 64.9 Å². The van der Waals surface area contributed by atoms with Crippen LogP contribution in [-0.4, -0.2) is 47.7 Å². The van der Waals surface area contributed by atoms with Crippen LogP contribution < -0.4 is 5.32 Å². The largest absolute Gasteiger partial charge is 0.388 e. The van der Waals surface area contributed by atoms with E-state index in [4.69, 9.17) is 4.99 Å². The van der Waals surface area contributed by atoms with E-state index in [0.717, 1.165) is 38.4 Å². The smallest absolute Gasteiger partial charge is 0.194 e. The zero-order valence-corrected chi connectivity index (χ0v) is 13.4. The van der Waals surface area contributed by atoms with Crippen molar-refractivity contribution in [2.75, 3.05) is 26.2 Å². The molecule has 4 heteroatoms. The molecule has 0 radical (unpaired) electrons. The molecular weight excluding hydrogens is 250 g/mol. The Labute approximate surface area is 123 Å². The van der Waals surface area contributed by atoms with E-state index in [1.54, 1.807) is 0 Å². The third-order valence-electron chi connectivity index (χ3n) is 5.33. The Morgan fingerprint density at radius 2 is 1.95 bits per heavy atom. The average molecular weight is 281 g/mol. The fourth-order valence-electron chi connectivity index (χ4n) is 3.32. The van der Waals surface area contributed by atoms with Crippen molar-refractivity contribution in [3.05, 3.63) is 0 Å². The van der Waals surface area contributed by atoms with Crippen LogP contribution in [-0.2, 0) is 0 Å². The number of nitrogens with one attached hydrogen (secondary N) is 1. The maximum Gasteiger partial charge on any atom is 0.194 e. The van der Waals surface area contributed by atoms with E-state index in [2.05, 4.69) is 17.1 Å². The minimum absolute atomic E-state index is 0.506. The molecule has 1 saturated carbocycles. The fraction of sp³-hybridized carbons (Fsp3) is 0.938. The molecule has 1 spiro atoms. The number of aliphatic imine (C=N–C) groups is 1. The van der Waals surface area contributed by atoms with Gasteiger partial charge in [-0.15, -0.1) is 0 Å². The molecule has 2 N–H and O–H groups in total. The Bertz CT molecular complexity index is 346. The molecule has 20 heavy (non-hydrogen) atoms. The first-order valence-electron chi connectivity index (χ1n) is 8.32. The van der Waals surface area contributed by atoms with Crippen LogP contribution in [0.5, 0.6) is 0 Å². The molecule has 0 aromatic heterocycles. The van der Waals surface area contributed by atoms with E-state index in [9.17, 15) is 5.11 Å². The highest BCUT2D eigenvalue weighted by atomic mass is 16.3. The summed E-state index contributed by atoms with van der Waals surface area (Å²) in [7, 11) is 0. The summed E-state index contributed by atoms with van der Waals surface area (Å²) in [5.41, 5.74) is -0.0590. The molecular formula is C16H31N3O. The van der Waals surface area contributed by atoms with Crippen molar-refractivity contribution in [3.8, 4) is 0 Å². The minimum atomic E-state index is -0.644. The second kappa shape index (κ2) is 6.33. The van der Waals surface area contributed by atoms with Crippen LogP contribution in [0.2, 0.25) is 0 Å². The monoisotopic (exact) mass is 281 g/mol. The molecule has 0 bridgehead atoms. The number of hydrogen-bond acceptors (Lipinski definition) is 2. The van der Waals surface area contributed by atoms with Gasteiger partial charge in [0.15, 0.2) is 5.96 Å². The van der Waals surface area contributed by atoms with Gasteiger partial charge in [-0.25, -0.2) is 0 Å². The van der Waals surface area contributed by atoms with Gasteiger partial charge in [-0.2, -0.15) is 0 Å². The molecule has 0 atom stereocenters.